The van der Waals surface area contributed by atoms with E-state index >= 15 is 0 Å². The van der Waals surface area contributed by atoms with Crippen LogP contribution in [0.5, 0.6) is 5.75 Å². The van der Waals surface area contributed by atoms with E-state index in [-0.39, 0.29) is 5.82 Å². The fourth-order valence-electron chi connectivity index (χ4n) is 1.82. The molecule has 4 heteroatoms. The smallest absolute Gasteiger partial charge is 0.124 e. The number of halogens is 2. The van der Waals surface area contributed by atoms with E-state index in [0.29, 0.717) is 23.2 Å². The van der Waals surface area contributed by atoms with E-state index in [1.807, 2.05) is 31.2 Å². The molecular weight excluding hydrogens is 323 g/mol. The molecule has 20 heavy (non-hydrogen) atoms. The molecule has 0 aliphatic carbocycles. The number of hydrogen-bond donors (Lipinski definition) is 1. The molecule has 2 rings (SSSR count). The van der Waals surface area contributed by atoms with Crippen LogP contribution in [0, 0.1) is 5.82 Å². The second kappa shape index (κ2) is 6.86. The van der Waals surface area contributed by atoms with Gasteiger partial charge < -0.3 is 9.84 Å². The fourth-order valence-corrected chi connectivity index (χ4v) is 2.29. The van der Waals surface area contributed by atoms with Crippen LogP contribution in [-0.4, -0.2) is 5.11 Å². The predicted molar refractivity (Wildman–Crippen MR) is 80.1 cm³/mol. The lowest BCUT2D eigenvalue weighted by atomic mass is 10.1. The van der Waals surface area contributed by atoms with Gasteiger partial charge in [0.25, 0.3) is 0 Å². The summed E-state index contributed by atoms with van der Waals surface area (Å²) in [5.41, 5.74) is 1.76. The average Bonchev–Trinajstić information content (AvgIpc) is 2.46. The Morgan fingerprint density at radius 1 is 1.20 bits per heavy atom. The molecule has 0 amide bonds. The van der Waals surface area contributed by atoms with E-state index < -0.39 is 6.10 Å². The molecule has 0 saturated heterocycles. The molecule has 0 spiro atoms. The summed E-state index contributed by atoms with van der Waals surface area (Å²) in [4.78, 5) is 0. The van der Waals surface area contributed by atoms with Crippen molar-refractivity contribution in [3.8, 4) is 5.75 Å². The van der Waals surface area contributed by atoms with Crippen molar-refractivity contribution in [3.05, 3.63) is 63.9 Å². The molecule has 0 fully saturated rings. The maximum atomic E-state index is 13.0. The van der Waals surface area contributed by atoms with Gasteiger partial charge in [-0.2, -0.15) is 0 Å². The van der Waals surface area contributed by atoms with E-state index in [1.54, 1.807) is 6.07 Å². The van der Waals surface area contributed by atoms with E-state index in [2.05, 4.69) is 15.9 Å². The zero-order chi connectivity index (χ0) is 14.5. The summed E-state index contributed by atoms with van der Waals surface area (Å²) in [7, 11) is 0. The highest BCUT2D eigenvalue weighted by atomic mass is 79.9. The monoisotopic (exact) mass is 338 g/mol. The van der Waals surface area contributed by atoms with Gasteiger partial charge >= 0.3 is 0 Å². The van der Waals surface area contributed by atoms with Crippen molar-refractivity contribution in [1.82, 2.24) is 0 Å². The molecule has 2 aromatic rings. The van der Waals surface area contributed by atoms with Gasteiger partial charge in [-0.3, -0.25) is 0 Å². The number of aliphatic hydroxyl groups excluding tert-OH is 1. The highest BCUT2D eigenvalue weighted by Crippen LogP contribution is 2.22. The summed E-state index contributed by atoms with van der Waals surface area (Å²) in [5.74, 6) is 0.437. The minimum atomic E-state index is -0.435. The van der Waals surface area contributed by atoms with Gasteiger partial charge in [0.2, 0.25) is 0 Å². The van der Waals surface area contributed by atoms with Crippen LogP contribution in [0.3, 0.4) is 0 Å². The van der Waals surface area contributed by atoms with Gasteiger partial charge in [-0.15, -0.1) is 0 Å². The molecule has 2 aromatic carbocycles. The Balaban J connectivity index is 2.00. The van der Waals surface area contributed by atoms with E-state index in [0.717, 1.165) is 11.1 Å². The van der Waals surface area contributed by atoms with E-state index in [4.69, 9.17) is 4.74 Å². The van der Waals surface area contributed by atoms with Crippen molar-refractivity contribution in [2.24, 2.45) is 0 Å². The third kappa shape index (κ3) is 3.81. The molecule has 2 nitrogen and oxygen atoms in total. The highest BCUT2D eigenvalue weighted by Gasteiger charge is 2.06. The number of benzene rings is 2. The molecule has 0 heterocycles. The Bertz CT molecular complexity index is 569. The molecule has 1 atom stereocenters. The van der Waals surface area contributed by atoms with Crippen LogP contribution < -0.4 is 4.74 Å². The second-order valence-corrected chi connectivity index (χ2v) is 5.37. The van der Waals surface area contributed by atoms with Crippen molar-refractivity contribution < 1.29 is 14.2 Å². The molecule has 0 aliphatic heterocycles. The summed E-state index contributed by atoms with van der Waals surface area (Å²) < 4.78 is 19.3. The highest BCUT2D eigenvalue weighted by molar-refractivity contribution is 9.10. The SMILES string of the molecule is CCC(O)c1ccc(OCc2ccc(F)cc2Br)cc1. The Hall–Kier alpha value is -1.39. The minimum Gasteiger partial charge on any atom is -0.489 e. The zero-order valence-electron chi connectivity index (χ0n) is 11.1. The van der Waals surface area contributed by atoms with Gasteiger partial charge in [0.05, 0.1) is 6.10 Å². The topological polar surface area (TPSA) is 29.5 Å². The van der Waals surface area contributed by atoms with Gasteiger partial charge in [-0.25, -0.2) is 4.39 Å². The minimum absolute atomic E-state index is 0.279. The second-order valence-electron chi connectivity index (χ2n) is 4.52. The summed E-state index contributed by atoms with van der Waals surface area (Å²) >= 11 is 3.31. The summed E-state index contributed by atoms with van der Waals surface area (Å²) in [6, 6.07) is 11.9. The maximum Gasteiger partial charge on any atom is 0.124 e. The third-order valence-corrected chi connectivity index (χ3v) is 3.80. The average molecular weight is 339 g/mol. The standard InChI is InChI=1S/C16H16BrFO2/c1-2-16(19)11-4-7-14(8-5-11)20-10-12-3-6-13(18)9-15(12)17/h3-9,16,19H,2,10H2,1H3. The van der Waals surface area contributed by atoms with Crippen LogP contribution in [0.15, 0.2) is 46.9 Å². The van der Waals surface area contributed by atoms with Gasteiger partial charge in [-0.05, 0) is 36.2 Å². The molecule has 0 radical (unpaired) electrons. The van der Waals surface area contributed by atoms with Crippen LogP contribution in [0.2, 0.25) is 0 Å². The van der Waals surface area contributed by atoms with Gasteiger partial charge in [0, 0.05) is 10.0 Å². The number of hydrogen-bond acceptors (Lipinski definition) is 2. The molecule has 1 N–H and O–H groups in total. The first-order valence-electron chi connectivity index (χ1n) is 6.45. The molecule has 1 unspecified atom stereocenters. The van der Waals surface area contributed by atoms with E-state index in [1.165, 1.54) is 12.1 Å². The quantitative estimate of drug-likeness (QED) is 0.862. The van der Waals surface area contributed by atoms with Crippen molar-refractivity contribution >= 4 is 15.9 Å². The maximum absolute atomic E-state index is 13.0. The molecule has 0 saturated carbocycles. The summed E-state index contributed by atoms with van der Waals surface area (Å²) in [6.45, 7) is 2.29. The zero-order valence-corrected chi connectivity index (χ0v) is 12.7. The lowest BCUT2D eigenvalue weighted by Gasteiger charge is -2.11. The lowest BCUT2D eigenvalue weighted by Crippen LogP contribution is -1.98. The van der Waals surface area contributed by atoms with Crippen molar-refractivity contribution in [2.75, 3.05) is 0 Å². The first-order chi connectivity index (χ1) is 9.60. The fraction of sp³-hybridized carbons (Fsp3) is 0.250. The Kier molecular flexibility index (Phi) is 5.15. The summed E-state index contributed by atoms with van der Waals surface area (Å²) in [5, 5.41) is 9.71. The third-order valence-electron chi connectivity index (χ3n) is 3.06. The Labute approximate surface area is 126 Å². The molecule has 0 aromatic heterocycles. The van der Waals surface area contributed by atoms with Crippen molar-refractivity contribution in [3.63, 3.8) is 0 Å². The number of aliphatic hydroxyl groups is 1. The largest absolute Gasteiger partial charge is 0.489 e. The van der Waals surface area contributed by atoms with Crippen LogP contribution in [0.1, 0.15) is 30.6 Å². The van der Waals surface area contributed by atoms with E-state index in [9.17, 15) is 9.50 Å². The van der Waals surface area contributed by atoms with Crippen LogP contribution in [-0.2, 0) is 6.61 Å². The van der Waals surface area contributed by atoms with Gasteiger partial charge in [0.1, 0.15) is 18.2 Å². The predicted octanol–water partition coefficient (Wildman–Crippen LogP) is 4.61. The van der Waals surface area contributed by atoms with Crippen molar-refractivity contribution in [1.29, 1.82) is 0 Å². The summed E-state index contributed by atoms with van der Waals surface area (Å²) in [6.07, 6.45) is 0.248. The Morgan fingerprint density at radius 3 is 2.50 bits per heavy atom. The van der Waals surface area contributed by atoms with Crippen molar-refractivity contribution in [2.45, 2.75) is 26.1 Å². The van der Waals surface area contributed by atoms with Crippen LogP contribution in [0.25, 0.3) is 0 Å². The molecule has 0 aliphatic rings. The Morgan fingerprint density at radius 2 is 1.90 bits per heavy atom. The van der Waals surface area contributed by atoms with Crippen LogP contribution >= 0.6 is 15.9 Å². The first-order valence-corrected chi connectivity index (χ1v) is 7.24. The molecule has 106 valence electrons. The molecule has 0 bridgehead atoms. The van der Waals surface area contributed by atoms with Gasteiger partial charge in [-0.1, -0.05) is 41.1 Å². The number of ether oxygens (including phenoxy) is 1. The number of rotatable bonds is 5. The molecular formula is C16H16BrFO2. The van der Waals surface area contributed by atoms with Gasteiger partial charge in [0.15, 0.2) is 0 Å². The van der Waals surface area contributed by atoms with Crippen LogP contribution in [0.4, 0.5) is 4.39 Å². The first kappa shape index (κ1) is 15.0. The normalized spacial score (nSPS) is 12.2. The lowest BCUT2D eigenvalue weighted by molar-refractivity contribution is 0.173.